The molecule has 0 aromatic carbocycles. The van der Waals surface area contributed by atoms with Crippen molar-refractivity contribution in [1.82, 2.24) is 4.98 Å². The number of pyridine rings is 1. The number of nitriles is 1. The average molecular weight is 173 g/mol. The molecule has 66 valence electrons. The second kappa shape index (κ2) is 3.72. The molecule has 0 aliphatic heterocycles. The summed E-state index contributed by atoms with van der Waals surface area (Å²) in [5.74, 6) is 0. The summed E-state index contributed by atoms with van der Waals surface area (Å²) in [6.07, 6.45) is 1.72. The van der Waals surface area contributed by atoms with Gasteiger partial charge in [-0.3, -0.25) is 4.98 Å². The molecule has 0 aliphatic rings. The van der Waals surface area contributed by atoms with Crippen LogP contribution in [-0.4, -0.2) is 12.0 Å². The first-order valence-corrected chi connectivity index (χ1v) is 3.92. The number of nitrogens with zero attached hydrogens (tertiary/aromatic N) is 2. The Hall–Kier alpha value is -1.82. The average Bonchev–Trinajstić information content (AvgIpc) is 2.16. The summed E-state index contributed by atoms with van der Waals surface area (Å²) in [4.78, 5) is 4.14. The van der Waals surface area contributed by atoms with Gasteiger partial charge in [0.2, 0.25) is 0 Å². The molecule has 0 radical (unpaired) electrons. The number of hydrogen-bond acceptors (Lipinski definition) is 3. The minimum absolute atomic E-state index is 0.379. The van der Waals surface area contributed by atoms with Crippen molar-refractivity contribution < 1.29 is 0 Å². The Labute approximate surface area is 77.7 Å². The minimum Gasteiger partial charge on any atom is -0.386 e. The summed E-state index contributed by atoms with van der Waals surface area (Å²) < 4.78 is 0. The van der Waals surface area contributed by atoms with Gasteiger partial charge in [-0.2, -0.15) is 5.26 Å². The zero-order valence-corrected chi connectivity index (χ0v) is 7.76. The van der Waals surface area contributed by atoms with Crippen LogP contribution in [0.1, 0.15) is 11.3 Å². The normalized spacial score (nSPS) is 9.00. The molecule has 0 saturated carbocycles. The Morgan fingerprint density at radius 3 is 2.92 bits per heavy atom. The van der Waals surface area contributed by atoms with Crippen molar-refractivity contribution in [2.24, 2.45) is 0 Å². The molecule has 0 saturated heterocycles. The van der Waals surface area contributed by atoms with Crippen LogP contribution in [0, 0.1) is 18.3 Å². The fourth-order valence-corrected chi connectivity index (χ4v) is 1.05. The molecule has 0 amide bonds. The zero-order valence-electron chi connectivity index (χ0n) is 7.76. The smallest absolute Gasteiger partial charge is 0.103 e. The molecule has 1 rings (SSSR count). The zero-order chi connectivity index (χ0) is 9.84. The highest BCUT2D eigenvalue weighted by atomic mass is 14.9. The standard InChI is InChI=1S/C10H11N3/c1-7-4-9(12-3)10(13-6-7)8(2)5-11/h4,6,12H,2H2,1,3H3. The molecule has 0 spiro atoms. The third kappa shape index (κ3) is 1.85. The maximum absolute atomic E-state index is 8.66. The van der Waals surface area contributed by atoms with E-state index in [2.05, 4.69) is 16.9 Å². The van der Waals surface area contributed by atoms with Crippen LogP contribution in [0.4, 0.5) is 5.69 Å². The molecule has 0 atom stereocenters. The summed E-state index contributed by atoms with van der Waals surface area (Å²) in [5.41, 5.74) is 2.89. The largest absolute Gasteiger partial charge is 0.386 e. The van der Waals surface area contributed by atoms with Crippen molar-refractivity contribution in [3.63, 3.8) is 0 Å². The fraction of sp³-hybridized carbons (Fsp3) is 0.200. The maximum Gasteiger partial charge on any atom is 0.103 e. The van der Waals surface area contributed by atoms with Crippen LogP contribution in [0.5, 0.6) is 0 Å². The van der Waals surface area contributed by atoms with Gasteiger partial charge in [0.25, 0.3) is 0 Å². The molecule has 1 aromatic heterocycles. The quantitative estimate of drug-likeness (QED) is 0.695. The van der Waals surface area contributed by atoms with Crippen molar-refractivity contribution in [2.75, 3.05) is 12.4 Å². The first-order valence-electron chi connectivity index (χ1n) is 3.92. The number of allylic oxidation sites excluding steroid dienone is 1. The van der Waals surface area contributed by atoms with Crippen LogP contribution >= 0.6 is 0 Å². The Kier molecular flexibility index (Phi) is 2.65. The highest BCUT2D eigenvalue weighted by Gasteiger charge is 2.05. The van der Waals surface area contributed by atoms with Crippen molar-refractivity contribution >= 4 is 11.3 Å². The number of nitrogens with one attached hydrogen (secondary N) is 1. The van der Waals surface area contributed by atoms with Gasteiger partial charge in [0.1, 0.15) is 11.8 Å². The van der Waals surface area contributed by atoms with Crippen LogP contribution in [-0.2, 0) is 0 Å². The number of rotatable bonds is 2. The van der Waals surface area contributed by atoms with E-state index < -0.39 is 0 Å². The molecule has 0 fully saturated rings. The third-order valence-electron chi connectivity index (χ3n) is 1.71. The Morgan fingerprint density at radius 1 is 1.69 bits per heavy atom. The number of aryl methyl sites for hydroxylation is 1. The van der Waals surface area contributed by atoms with Crippen molar-refractivity contribution in [3.05, 3.63) is 30.1 Å². The highest BCUT2D eigenvalue weighted by molar-refractivity contribution is 5.80. The van der Waals surface area contributed by atoms with Gasteiger partial charge >= 0.3 is 0 Å². The number of hydrogen-bond donors (Lipinski definition) is 1. The SMILES string of the molecule is C=C(C#N)c1ncc(C)cc1NC. The lowest BCUT2D eigenvalue weighted by Crippen LogP contribution is -1.97. The molecule has 0 unspecified atom stereocenters. The van der Waals surface area contributed by atoms with Crippen LogP contribution in [0.25, 0.3) is 5.57 Å². The van der Waals surface area contributed by atoms with Crippen molar-refractivity contribution in [1.29, 1.82) is 5.26 Å². The molecule has 0 aliphatic carbocycles. The lowest BCUT2D eigenvalue weighted by atomic mass is 10.1. The Morgan fingerprint density at radius 2 is 2.38 bits per heavy atom. The predicted molar refractivity (Wildman–Crippen MR) is 53.2 cm³/mol. The second-order valence-electron chi connectivity index (χ2n) is 2.75. The topological polar surface area (TPSA) is 48.7 Å². The lowest BCUT2D eigenvalue weighted by molar-refractivity contribution is 1.22. The minimum atomic E-state index is 0.379. The molecule has 1 aromatic rings. The molecular weight excluding hydrogens is 162 g/mol. The van der Waals surface area contributed by atoms with Gasteiger partial charge in [0.05, 0.1) is 11.3 Å². The van der Waals surface area contributed by atoms with Crippen LogP contribution < -0.4 is 5.32 Å². The lowest BCUT2D eigenvalue weighted by Gasteiger charge is -2.06. The third-order valence-corrected chi connectivity index (χ3v) is 1.71. The molecule has 0 bridgehead atoms. The van der Waals surface area contributed by atoms with E-state index in [0.29, 0.717) is 11.3 Å². The summed E-state index contributed by atoms with van der Waals surface area (Å²) in [7, 11) is 1.80. The molecule has 1 heterocycles. The predicted octanol–water partition coefficient (Wildman–Crippen LogP) is 1.97. The van der Waals surface area contributed by atoms with Gasteiger partial charge in [-0.25, -0.2) is 0 Å². The Bertz CT molecular complexity index is 374. The van der Waals surface area contributed by atoms with E-state index in [4.69, 9.17) is 5.26 Å². The van der Waals surface area contributed by atoms with Gasteiger partial charge in [0.15, 0.2) is 0 Å². The van der Waals surface area contributed by atoms with Gasteiger partial charge in [-0.15, -0.1) is 0 Å². The summed E-state index contributed by atoms with van der Waals surface area (Å²) >= 11 is 0. The van der Waals surface area contributed by atoms with Gasteiger partial charge < -0.3 is 5.32 Å². The van der Waals surface area contributed by atoms with E-state index in [1.165, 1.54) is 0 Å². The molecule has 13 heavy (non-hydrogen) atoms. The highest BCUT2D eigenvalue weighted by Crippen LogP contribution is 2.20. The first kappa shape index (κ1) is 9.27. The van der Waals surface area contributed by atoms with E-state index in [-0.39, 0.29) is 0 Å². The Balaban J connectivity index is 3.23. The van der Waals surface area contributed by atoms with Gasteiger partial charge in [0, 0.05) is 13.2 Å². The maximum atomic E-state index is 8.66. The first-order chi connectivity index (χ1) is 6.19. The molecular formula is C10H11N3. The monoisotopic (exact) mass is 173 g/mol. The molecule has 1 N–H and O–H groups in total. The summed E-state index contributed by atoms with van der Waals surface area (Å²) in [5, 5.41) is 11.6. The van der Waals surface area contributed by atoms with Crippen LogP contribution in [0.3, 0.4) is 0 Å². The van der Waals surface area contributed by atoms with Gasteiger partial charge in [-0.05, 0) is 18.6 Å². The van der Waals surface area contributed by atoms with E-state index in [1.54, 1.807) is 13.2 Å². The fourth-order valence-electron chi connectivity index (χ4n) is 1.05. The summed E-state index contributed by atoms with van der Waals surface area (Å²) in [6, 6.07) is 3.91. The van der Waals surface area contributed by atoms with Crippen LogP contribution in [0.15, 0.2) is 18.8 Å². The van der Waals surface area contributed by atoms with Crippen molar-refractivity contribution in [3.8, 4) is 6.07 Å². The van der Waals surface area contributed by atoms with E-state index in [1.807, 2.05) is 19.1 Å². The van der Waals surface area contributed by atoms with Gasteiger partial charge in [-0.1, -0.05) is 6.58 Å². The number of aromatic nitrogens is 1. The van der Waals surface area contributed by atoms with E-state index in [9.17, 15) is 0 Å². The van der Waals surface area contributed by atoms with E-state index >= 15 is 0 Å². The van der Waals surface area contributed by atoms with Crippen LogP contribution in [0.2, 0.25) is 0 Å². The second-order valence-corrected chi connectivity index (χ2v) is 2.75. The summed E-state index contributed by atoms with van der Waals surface area (Å²) in [6.45, 7) is 5.57. The molecule has 3 nitrogen and oxygen atoms in total. The van der Waals surface area contributed by atoms with E-state index in [0.717, 1.165) is 11.3 Å². The molecule has 3 heteroatoms. The van der Waals surface area contributed by atoms with Crippen molar-refractivity contribution in [2.45, 2.75) is 6.92 Å². The number of anilines is 1.